The van der Waals surface area contributed by atoms with E-state index in [0.717, 1.165) is 47.4 Å². The summed E-state index contributed by atoms with van der Waals surface area (Å²) in [6.45, 7) is 16.3. The molecule has 0 aliphatic heterocycles. The topological polar surface area (TPSA) is 99.2 Å². The summed E-state index contributed by atoms with van der Waals surface area (Å²) in [6, 6.07) is 0. The molecule has 164 valence electrons. The van der Waals surface area contributed by atoms with Gasteiger partial charge in [0.2, 0.25) is 5.65 Å². The molecule has 9 heteroatoms. The molecule has 0 aromatic carbocycles. The van der Waals surface area contributed by atoms with Crippen molar-refractivity contribution in [1.82, 2.24) is 34.9 Å². The average molecular weight is 416 g/mol. The van der Waals surface area contributed by atoms with Crippen molar-refractivity contribution in [3.05, 3.63) is 17.1 Å². The highest BCUT2D eigenvalue weighted by molar-refractivity contribution is 5.91. The normalized spacial score (nSPS) is 12.7. The first-order valence-corrected chi connectivity index (χ1v) is 10.5. The van der Waals surface area contributed by atoms with Crippen molar-refractivity contribution in [3.63, 3.8) is 0 Å². The van der Waals surface area contributed by atoms with Gasteiger partial charge in [-0.15, -0.1) is 5.10 Å². The molecular formula is C21H33N7O2. The minimum atomic E-state index is -0.547. The monoisotopic (exact) mass is 415 g/mol. The summed E-state index contributed by atoms with van der Waals surface area (Å²) >= 11 is 0. The number of ether oxygens (including phenoxy) is 1. The van der Waals surface area contributed by atoms with Gasteiger partial charge in [0.05, 0.1) is 11.1 Å². The Bertz CT molecular complexity index is 1070. The molecule has 0 aliphatic rings. The predicted octanol–water partition coefficient (Wildman–Crippen LogP) is 3.74. The SMILES string of the molecule is CCCCc1nc2c(c(C)c(C)n3nnnc23)n1CC(C)(C)NC(=O)OC(C)(C)C. The number of carbonyl (C=O) groups excluding carboxylic acids is 1. The van der Waals surface area contributed by atoms with Crippen LogP contribution < -0.4 is 5.32 Å². The van der Waals surface area contributed by atoms with E-state index in [9.17, 15) is 4.79 Å². The fourth-order valence-corrected chi connectivity index (χ4v) is 3.64. The minimum absolute atomic E-state index is 0.427. The number of nitrogens with one attached hydrogen (secondary N) is 1. The third kappa shape index (κ3) is 4.39. The maximum Gasteiger partial charge on any atom is 0.408 e. The maximum absolute atomic E-state index is 12.4. The van der Waals surface area contributed by atoms with Gasteiger partial charge in [0, 0.05) is 18.7 Å². The molecule has 30 heavy (non-hydrogen) atoms. The van der Waals surface area contributed by atoms with Crippen molar-refractivity contribution in [2.75, 3.05) is 0 Å². The van der Waals surface area contributed by atoms with Crippen molar-refractivity contribution >= 4 is 22.8 Å². The molecule has 0 unspecified atom stereocenters. The first-order chi connectivity index (χ1) is 13.9. The van der Waals surface area contributed by atoms with Gasteiger partial charge in [0.15, 0.2) is 0 Å². The number of rotatable bonds is 6. The van der Waals surface area contributed by atoms with E-state index in [4.69, 9.17) is 9.72 Å². The van der Waals surface area contributed by atoms with Crippen molar-refractivity contribution in [2.45, 2.75) is 92.3 Å². The number of alkyl carbamates (subject to hydrolysis) is 1. The molecule has 3 aromatic heterocycles. The first kappa shape index (κ1) is 22.0. The summed E-state index contributed by atoms with van der Waals surface area (Å²) in [5.74, 6) is 0.976. The highest BCUT2D eigenvalue weighted by atomic mass is 16.6. The fraction of sp³-hybridized carbons (Fsp3) is 0.667. The van der Waals surface area contributed by atoms with E-state index in [1.165, 1.54) is 0 Å². The Hall–Kier alpha value is -2.71. The van der Waals surface area contributed by atoms with Crippen LogP contribution in [-0.2, 0) is 17.7 Å². The van der Waals surface area contributed by atoms with E-state index in [1.54, 1.807) is 4.52 Å². The van der Waals surface area contributed by atoms with E-state index in [1.807, 2.05) is 41.5 Å². The van der Waals surface area contributed by atoms with Gasteiger partial charge in [-0.2, -0.15) is 4.52 Å². The molecule has 0 spiro atoms. The second-order valence-electron chi connectivity index (χ2n) is 9.55. The van der Waals surface area contributed by atoms with Crippen LogP contribution in [0.2, 0.25) is 0 Å². The van der Waals surface area contributed by atoms with Crippen LogP contribution in [-0.4, -0.2) is 46.8 Å². The van der Waals surface area contributed by atoms with Gasteiger partial charge in [-0.25, -0.2) is 9.78 Å². The van der Waals surface area contributed by atoms with Gasteiger partial charge >= 0.3 is 6.09 Å². The van der Waals surface area contributed by atoms with Crippen LogP contribution in [0.4, 0.5) is 4.79 Å². The first-order valence-electron chi connectivity index (χ1n) is 10.5. The van der Waals surface area contributed by atoms with Crippen molar-refractivity contribution in [2.24, 2.45) is 0 Å². The molecule has 0 saturated heterocycles. The number of nitrogens with zero attached hydrogens (tertiary/aromatic N) is 6. The summed E-state index contributed by atoms with van der Waals surface area (Å²) < 4.78 is 9.41. The molecule has 3 rings (SSSR count). The Balaban J connectivity index is 2.06. The lowest BCUT2D eigenvalue weighted by molar-refractivity contribution is 0.0463. The maximum atomic E-state index is 12.4. The van der Waals surface area contributed by atoms with Gasteiger partial charge in [0.1, 0.15) is 16.9 Å². The standard InChI is InChI=1S/C21H33N7O2/c1-9-10-11-15-22-16-17(13(2)14(3)28-18(16)24-25-26-28)27(15)12-21(7,8)23-19(29)30-20(4,5)6/h9-12H2,1-8H3,(H,23,29). The molecule has 0 fully saturated rings. The van der Waals surface area contributed by atoms with Crippen molar-refractivity contribution in [3.8, 4) is 0 Å². The van der Waals surface area contributed by atoms with Crippen LogP contribution >= 0.6 is 0 Å². The van der Waals surface area contributed by atoms with Crippen molar-refractivity contribution < 1.29 is 9.53 Å². The number of amides is 1. The number of tetrazole rings is 1. The Kier molecular flexibility index (Phi) is 5.75. The fourth-order valence-electron chi connectivity index (χ4n) is 3.64. The number of fused-ring (bicyclic) bond motifs is 3. The minimum Gasteiger partial charge on any atom is -0.444 e. The van der Waals surface area contributed by atoms with Crippen LogP contribution in [0.5, 0.6) is 0 Å². The van der Waals surface area contributed by atoms with E-state index in [2.05, 4.69) is 39.3 Å². The van der Waals surface area contributed by atoms with Crippen LogP contribution in [0.1, 0.15) is 71.5 Å². The van der Waals surface area contributed by atoms with Gasteiger partial charge in [-0.3, -0.25) is 0 Å². The highest BCUT2D eigenvalue weighted by Gasteiger charge is 2.28. The van der Waals surface area contributed by atoms with Crippen LogP contribution in [0.15, 0.2) is 0 Å². The van der Waals surface area contributed by atoms with Crippen LogP contribution in [0.25, 0.3) is 16.7 Å². The second kappa shape index (κ2) is 7.85. The molecule has 0 atom stereocenters. The number of imidazole rings is 1. The van der Waals surface area contributed by atoms with Gasteiger partial charge in [-0.1, -0.05) is 13.3 Å². The van der Waals surface area contributed by atoms with Crippen LogP contribution in [0.3, 0.4) is 0 Å². The Morgan fingerprint density at radius 1 is 1.17 bits per heavy atom. The van der Waals surface area contributed by atoms with Crippen molar-refractivity contribution in [1.29, 1.82) is 0 Å². The van der Waals surface area contributed by atoms with E-state index < -0.39 is 17.2 Å². The molecule has 0 saturated carbocycles. The van der Waals surface area contributed by atoms with Gasteiger partial charge < -0.3 is 14.6 Å². The molecule has 0 aliphatic carbocycles. The molecule has 3 aromatic rings. The highest BCUT2D eigenvalue weighted by Crippen LogP contribution is 2.28. The van der Waals surface area contributed by atoms with E-state index in [-0.39, 0.29) is 0 Å². The van der Waals surface area contributed by atoms with E-state index in [0.29, 0.717) is 12.2 Å². The lowest BCUT2D eigenvalue weighted by Crippen LogP contribution is -2.48. The molecular weight excluding hydrogens is 382 g/mol. The number of aromatic nitrogens is 6. The zero-order valence-electron chi connectivity index (χ0n) is 19.3. The number of hydrogen-bond acceptors (Lipinski definition) is 6. The molecule has 1 amide bonds. The third-order valence-electron chi connectivity index (χ3n) is 5.09. The zero-order valence-corrected chi connectivity index (χ0v) is 19.3. The number of unbranched alkanes of at least 4 members (excludes halogenated alkanes) is 1. The quantitative estimate of drug-likeness (QED) is 0.658. The number of hydrogen-bond donors (Lipinski definition) is 1. The average Bonchev–Trinajstić information content (AvgIpc) is 3.20. The largest absolute Gasteiger partial charge is 0.444 e. The second-order valence-corrected chi connectivity index (χ2v) is 9.55. The smallest absolute Gasteiger partial charge is 0.408 e. The Morgan fingerprint density at radius 3 is 2.50 bits per heavy atom. The Morgan fingerprint density at radius 2 is 1.87 bits per heavy atom. The Labute approximate surface area is 177 Å². The van der Waals surface area contributed by atoms with E-state index >= 15 is 0 Å². The summed E-state index contributed by atoms with van der Waals surface area (Å²) in [5.41, 5.74) is 3.42. The van der Waals surface area contributed by atoms with Gasteiger partial charge in [-0.05, 0) is 70.9 Å². The molecule has 1 N–H and O–H groups in total. The summed E-state index contributed by atoms with van der Waals surface area (Å²) in [4.78, 5) is 17.3. The van der Waals surface area contributed by atoms with Gasteiger partial charge in [0.25, 0.3) is 0 Å². The third-order valence-corrected chi connectivity index (χ3v) is 5.09. The van der Waals surface area contributed by atoms with Crippen LogP contribution in [0, 0.1) is 13.8 Å². The number of pyridine rings is 1. The zero-order chi connectivity index (χ0) is 22.3. The summed E-state index contributed by atoms with van der Waals surface area (Å²) in [5, 5.41) is 15.2. The summed E-state index contributed by atoms with van der Waals surface area (Å²) in [6.07, 6.45) is 2.52. The number of carbonyl (C=O) groups is 1. The predicted molar refractivity (Wildman–Crippen MR) is 116 cm³/mol. The molecule has 3 heterocycles. The number of aryl methyl sites for hydroxylation is 3. The lowest BCUT2D eigenvalue weighted by atomic mass is 10.1. The lowest BCUT2D eigenvalue weighted by Gasteiger charge is -2.30. The molecule has 9 nitrogen and oxygen atoms in total. The molecule has 0 bridgehead atoms. The molecule has 0 radical (unpaired) electrons. The summed E-state index contributed by atoms with van der Waals surface area (Å²) in [7, 11) is 0.